The lowest BCUT2D eigenvalue weighted by Gasteiger charge is -2.20. The summed E-state index contributed by atoms with van der Waals surface area (Å²) in [5.41, 5.74) is 1.12. The predicted molar refractivity (Wildman–Crippen MR) is 73.4 cm³/mol. The highest BCUT2D eigenvalue weighted by atomic mass is 16.1. The third-order valence-electron chi connectivity index (χ3n) is 3.69. The summed E-state index contributed by atoms with van der Waals surface area (Å²) in [5, 5.41) is 2.87. The van der Waals surface area contributed by atoms with Gasteiger partial charge in [0.15, 0.2) is 0 Å². The molecule has 1 aromatic heterocycles. The molecule has 1 N–H and O–H groups in total. The Morgan fingerprint density at radius 2 is 2.17 bits per heavy atom. The topological polar surface area (TPSA) is 42.0 Å². The van der Waals surface area contributed by atoms with E-state index in [0.29, 0.717) is 12.2 Å². The lowest BCUT2D eigenvalue weighted by molar-refractivity contribution is -0.116. The molecule has 0 unspecified atom stereocenters. The number of hydrogen-bond acceptors (Lipinski definition) is 2. The second kappa shape index (κ2) is 6.53. The molecule has 0 saturated heterocycles. The van der Waals surface area contributed by atoms with Gasteiger partial charge in [-0.25, -0.2) is 4.98 Å². The van der Waals surface area contributed by atoms with Crippen LogP contribution in [0.4, 0.5) is 5.82 Å². The Bertz CT molecular complexity index is 397. The first-order valence-electron chi connectivity index (χ1n) is 6.96. The van der Waals surface area contributed by atoms with Crippen LogP contribution in [0.3, 0.4) is 0 Å². The average Bonchev–Trinajstić information content (AvgIpc) is 2.38. The molecule has 1 fully saturated rings. The fourth-order valence-electron chi connectivity index (χ4n) is 2.62. The molecule has 1 aliphatic rings. The summed E-state index contributed by atoms with van der Waals surface area (Å²) in [4.78, 5) is 16.0. The minimum atomic E-state index is 0.0960. The SMILES string of the molecule is Cc1ccnc(NC(=O)CCC2CCCCC2)c1. The lowest BCUT2D eigenvalue weighted by atomic mass is 9.86. The number of aryl methyl sites for hydroxylation is 1. The summed E-state index contributed by atoms with van der Waals surface area (Å²) in [7, 11) is 0. The summed E-state index contributed by atoms with van der Waals surface area (Å²) in [6.07, 6.45) is 10.0. The molecule has 1 aliphatic carbocycles. The van der Waals surface area contributed by atoms with Crippen molar-refractivity contribution in [3.05, 3.63) is 23.9 Å². The van der Waals surface area contributed by atoms with E-state index in [-0.39, 0.29) is 5.91 Å². The van der Waals surface area contributed by atoms with Gasteiger partial charge in [0.2, 0.25) is 5.91 Å². The smallest absolute Gasteiger partial charge is 0.225 e. The molecule has 3 nitrogen and oxygen atoms in total. The van der Waals surface area contributed by atoms with Gasteiger partial charge in [-0.15, -0.1) is 0 Å². The maximum Gasteiger partial charge on any atom is 0.225 e. The summed E-state index contributed by atoms with van der Waals surface area (Å²) in [5.74, 6) is 1.53. The molecular formula is C15H22N2O. The van der Waals surface area contributed by atoms with Gasteiger partial charge in [-0.3, -0.25) is 4.79 Å². The number of nitrogens with one attached hydrogen (secondary N) is 1. The lowest BCUT2D eigenvalue weighted by Crippen LogP contribution is -2.15. The van der Waals surface area contributed by atoms with E-state index in [0.717, 1.165) is 17.9 Å². The van der Waals surface area contributed by atoms with Gasteiger partial charge in [0.05, 0.1) is 0 Å². The number of rotatable bonds is 4. The highest BCUT2D eigenvalue weighted by Gasteiger charge is 2.14. The van der Waals surface area contributed by atoms with Crippen molar-refractivity contribution in [1.82, 2.24) is 4.98 Å². The fourth-order valence-corrected chi connectivity index (χ4v) is 2.62. The molecule has 98 valence electrons. The number of anilines is 1. The van der Waals surface area contributed by atoms with Crippen molar-refractivity contribution in [2.24, 2.45) is 5.92 Å². The molecule has 0 aromatic carbocycles. The van der Waals surface area contributed by atoms with Gasteiger partial charge in [0, 0.05) is 12.6 Å². The van der Waals surface area contributed by atoms with E-state index in [2.05, 4.69) is 10.3 Å². The number of amides is 1. The van der Waals surface area contributed by atoms with Crippen LogP contribution in [0.5, 0.6) is 0 Å². The number of carbonyl (C=O) groups excluding carboxylic acids is 1. The number of hydrogen-bond donors (Lipinski definition) is 1. The number of aromatic nitrogens is 1. The Labute approximate surface area is 109 Å². The van der Waals surface area contributed by atoms with Crippen LogP contribution in [0.15, 0.2) is 18.3 Å². The Morgan fingerprint density at radius 3 is 2.89 bits per heavy atom. The Balaban J connectivity index is 1.74. The van der Waals surface area contributed by atoms with E-state index in [4.69, 9.17) is 0 Å². The molecule has 3 heteroatoms. The molecule has 0 atom stereocenters. The molecule has 1 aromatic rings. The standard InChI is InChI=1S/C15H22N2O/c1-12-9-10-16-14(11-12)17-15(18)8-7-13-5-3-2-4-6-13/h9-11,13H,2-8H2,1H3,(H,16,17,18). The maximum atomic E-state index is 11.8. The molecule has 2 rings (SSSR count). The molecular weight excluding hydrogens is 224 g/mol. The molecule has 0 aliphatic heterocycles. The minimum absolute atomic E-state index is 0.0960. The van der Waals surface area contributed by atoms with Crippen LogP contribution in [0, 0.1) is 12.8 Å². The van der Waals surface area contributed by atoms with Crippen LogP contribution in [0.2, 0.25) is 0 Å². The Hall–Kier alpha value is -1.38. The van der Waals surface area contributed by atoms with Crippen molar-refractivity contribution in [3.63, 3.8) is 0 Å². The maximum absolute atomic E-state index is 11.8. The van der Waals surface area contributed by atoms with Crippen LogP contribution >= 0.6 is 0 Å². The van der Waals surface area contributed by atoms with Crippen LogP contribution in [0.1, 0.15) is 50.5 Å². The van der Waals surface area contributed by atoms with Gasteiger partial charge in [0.1, 0.15) is 5.82 Å². The van der Waals surface area contributed by atoms with Crippen LogP contribution in [-0.4, -0.2) is 10.9 Å². The Morgan fingerprint density at radius 1 is 1.39 bits per heavy atom. The van der Waals surface area contributed by atoms with Crippen LogP contribution in [-0.2, 0) is 4.79 Å². The molecule has 1 heterocycles. The quantitative estimate of drug-likeness (QED) is 0.880. The Kier molecular flexibility index (Phi) is 4.73. The molecule has 1 saturated carbocycles. The van der Waals surface area contributed by atoms with Crippen molar-refractivity contribution in [1.29, 1.82) is 0 Å². The first-order valence-corrected chi connectivity index (χ1v) is 6.96. The van der Waals surface area contributed by atoms with Gasteiger partial charge in [-0.1, -0.05) is 32.1 Å². The van der Waals surface area contributed by atoms with Crippen molar-refractivity contribution >= 4 is 11.7 Å². The van der Waals surface area contributed by atoms with Crippen molar-refractivity contribution in [3.8, 4) is 0 Å². The van der Waals surface area contributed by atoms with Gasteiger partial charge in [-0.05, 0) is 37.0 Å². The zero-order valence-electron chi connectivity index (χ0n) is 11.1. The molecule has 18 heavy (non-hydrogen) atoms. The van der Waals surface area contributed by atoms with Gasteiger partial charge in [-0.2, -0.15) is 0 Å². The average molecular weight is 246 g/mol. The third-order valence-corrected chi connectivity index (χ3v) is 3.69. The summed E-state index contributed by atoms with van der Waals surface area (Å²) in [6.45, 7) is 2.00. The zero-order valence-corrected chi connectivity index (χ0v) is 11.1. The minimum Gasteiger partial charge on any atom is -0.311 e. The summed E-state index contributed by atoms with van der Waals surface area (Å²) in [6, 6.07) is 3.83. The zero-order chi connectivity index (χ0) is 12.8. The first kappa shape index (κ1) is 13.1. The van der Waals surface area contributed by atoms with E-state index in [1.54, 1.807) is 6.20 Å². The monoisotopic (exact) mass is 246 g/mol. The second-order valence-electron chi connectivity index (χ2n) is 5.31. The van der Waals surface area contributed by atoms with Gasteiger partial charge < -0.3 is 5.32 Å². The molecule has 0 radical (unpaired) electrons. The van der Waals surface area contributed by atoms with E-state index in [1.165, 1.54) is 32.1 Å². The number of carbonyl (C=O) groups is 1. The van der Waals surface area contributed by atoms with Gasteiger partial charge >= 0.3 is 0 Å². The largest absolute Gasteiger partial charge is 0.311 e. The van der Waals surface area contributed by atoms with E-state index in [9.17, 15) is 4.79 Å². The van der Waals surface area contributed by atoms with Crippen molar-refractivity contribution in [2.45, 2.75) is 51.9 Å². The molecule has 0 spiro atoms. The van der Waals surface area contributed by atoms with Crippen LogP contribution in [0.25, 0.3) is 0 Å². The highest BCUT2D eigenvalue weighted by molar-refractivity contribution is 5.89. The normalized spacial score (nSPS) is 16.5. The summed E-state index contributed by atoms with van der Waals surface area (Å²) >= 11 is 0. The first-order chi connectivity index (χ1) is 8.74. The summed E-state index contributed by atoms with van der Waals surface area (Å²) < 4.78 is 0. The third kappa shape index (κ3) is 4.13. The predicted octanol–water partition coefficient (Wildman–Crippen LogP) is 3.69. The number of nitrogens with zero attached hydrogens (tertiary/aromatic N) is 1. The second-order valence-corrected chi connectivity index (χ2v) is 5.31. The van der Waals surface area contributed by atoms with Crippen LogP contribution < -0.4 is 5.32 Å². The van der Waals surface area contributed by atoms with E-state index in [1.807, 2.05) is 19.1 Å². The van der Waals surface area contributed by atoms with Gasteiger partial charge in [0.25, 0.3) is 0 Å². The van der Waals surface area contributed by atoms with E-state index < -0.39 is 0 Å². The number of pyridine rings is 1. The fraction of sp³-hybridized carbons (Fsp3) is 0.600. The van der Waals surface area contributed by atoms with Crippen molar-refractivity contribution in [2.75, 3.05) is 5.32 Å². The highest BCUT2D eigenvalue weighted by Crippen LogP contribution is 2.27. The van der Waals surface area contributed by atoms with Crippen molar-refractivity contribution < 1.29 is 4.79 Å². The molecule has 1 amide bonds. The van der Waals surface area contributed by atoms with E-state index >= 15 is 0 Å². The molecule has 0 bridgehead atoms.